The Kier molecular flexibility index (Phi) is 2.52. The summed E-state index contributed by atoms with van der Waals surface area (Å²) in [6.45, 7) is 3.59. The Labute approximate surface area is 92.8 Å². The maximum Gasteiger partial charge on any atom is 0.358 e. The third-order valence-corrected chi connectivity index (χ3v) is 2.03. The van der Waals surface area contributed by atoms with Crippen LogP contribution in [0.25, 0.3) is 5.65 Å². The summed E-state index contributed by atoms with van der Waals surface area (Å²) in [5.74, 6) is -0.419. The molecule has 0 unspecified atom stereocenters. The molecule has 0 aliphatic rings. The Morgan fingerprint density at radius 1 is 1.44 bits per heavy atom. The van der Waals surface area contributed by atoms with Gasteiger partial charge in [-0.2, -0.15) is 0 Å². The van der Waals surface area contributed by atoms with Crippen LogP contribution in [0.15, 0.2) is 24.5 Å². The molecule has 0 aliphatic carbocycles. The van der Waals surface area contributed by atoms with Gasteiger partial charge in [-0.3, -0.25) is 0 Å². The zero-order valence-electron chi connectivity index (χ0n) is 9.18. The number of carbonyl (C=O) groups excluding carboxylic acids is 1. The van der Waals surface area contributed by atoms with Gasteiger partial charge < -0.3 is 14.9 Å². The summed E-state index contributed by atoms with van der Waals surface area (Å²) in [6, 6.07) is 3.49. The maximum absolute atomic E-state index is 11.6. The molecule has 2 rings (SSSR count). The number of rotatable bonds is 2. The van der Waals surface area contributed by atoms with Crippen LogP contribution in [0.1, 0.15) is 24.3 Å². The molecule has 5 heteroatoms. The molecule has 0 atom stereocenters. The molecule has 0 aliphatic heterocycles. The van der Waals surface area contributed by atoms with Gasteiger partial charge in [-0.05, 0) is 26.0 Å². The van der Waals surface area contributed by atoms with E-state index in [1.807, 2.05) is 0 Å². The van der Waals surface area contributed by atoms with Gasteiger partial charge in [0.1, 0.15) is 5.65 Å². The highest BCUT2D eigenvalue weighted by Gasteiger charge is 2.13. The quantitative estimate of drug-likeness (QED) is 0.777. The highest BCUT2D eigenvalue weighted by molar-refractivity contribution is 5.88. The van der Waals surface area contributed by atoms with Crippen molar-refractivity contribution in [3.63, 3.8) is 0 Å². The van der Waals surface area contributed by atoms with E-state index in [1.165, 1.54) is 0 Å². The lowest BCUT2D eigenvalue weighted by Gasteiger charge is -2.04. The van der Waals surface area contributed by atoms with Gasteiger partial charge in [0.05, 0.1) is 6.10 Å². The van der Waals surface area contributed by atoms with Gasteiger partial charge in [0, 0.05) is 18.1 Å². The van der Waals surface area contributed by atoms with Gasteiger partial charge in [0.15, 0.2) is 5.69 Å². The van der Waals surface area contributed by atoms with Crippen LogP contribution in [0.3, 0.4) is 0 Å². The molecular formula is C11H13N3O2. The normalized spacial score (nSPS) is 10.9. The summed E-state index contributed by atoms with van der Waals surface area (Å²) in [6.07, 6.45) is 3.16. The number of carbonyl (C=O) groups is 1. The Morgan fingerprint density at radius 2 is 2.19 bits per heavy atom. The van der Waals surface area contributed by atoms with Crippen molar-refractivity contribution in [3.8, 4) is 0 Å². The first kappa shape index (κ1) is 10.5. The van der Waals surface area contributed by atoms with Crippen LogP contribution in [0.4, 0.5) is 5.69 Å². The van der Waals surface area contributed by atoms with Crippen molar-refractivity contribution in [1.82, 2.24) is 9.38 Å². The fourth-order valence-electron chi connectivity index (χ4n) is 1.38. The highest BCUT2D eigenvalue weighted by Crippen LogP contribution is 2.10. The minimum atomic E-state index is -0.419. The molecule has 0 saturated carbocycles. The number of esters is 1. The molecule has 16 heavy (non-hydrogen) atoms. The Hall–Kier alpha value is -2.04. The zero-order chi connectivity index (χ0) is 11.7. The van der Waals surface area contributed by atoms with Gasteiger partial charge in [-0.15, -0.1) is 0 Å². The number of nitrogens with two attached hydrogens (primary N) is 1. The third-order valence-electron chi connectivity index (χ3n) is 2.03. The number of hydrogen-bond donors (Lipinski definition) is 1. The van der Waals surface area contributed by atoms with E-state index >= 15 is 0 Å². The second kappa shape index (κ2) is 3.84. The number of ether oxygens (including phenoxy) is 1. The topological polar surface area (TPSA) is 69.6 Å². The molecule has 0 radical (unpaired) electrons. The summed E-state index contributed by atoms with van der Waals surface area (Å²) >= 11 is 0. The number of nitrogens with zero attached hydrogens (tertiary/aromatic N) is 2. The van der Waals surface area contributed by atoms with Crippen LogP contribution in [-0.4, -0.2) is 21.5 Å². The molecule has 2 heterocycles. The van der Waals surface area contributed by atoms with Gasteiger partial charge >= 0.3 is 5.97 Å². The number of pyridine rings is 1. The van der Waals surface area contributed by atoms with E-state index in [0.29, 0.717) is 17.0 Å². The third kappa shape index (κ3) is 1.98. The molecule has 0 aromatic carbocycles. The van der Waals surface area contributed by atoms with Crippen LogP contribution in [0, 0.1) is 0 Å². The van der Waals surface area contributed by atoms with Gasteiger partial charge in [0.25, 0.3) is 0 Å². The second-order valence-corrected chi connectivity index (χ2v) is 3.81. The lowest BCUT2D eigenvalue weighted by Crippen LogP contribution is -2.11. The first-order valence-electron chi connectivity index (χ1n) is 5.01. The van der Waals surface area contributed by atoms with E-state index in [4.69, 9.17) is 10.5 Å². The molecule has 0 bridgehead atoms. The van der Waals surface area contributed by atoms with Crippen LogP contribution < -0.4 is 5.73 Å². The molecule has 0 spiro atoms. The Morgan fingerprint density at radius 3 is 2.88 bits per heavy atom. The van der Waals surface area contributed by atoms with Gasteiger partial charge in [-0.1, -0.05) is 0 Å². The fraction of sp³-hybridized carbons (Fsp3) is 0.273. The number of hydrogen-bond acceptors (Lipinski definition) is 4. The highest BCUT2D eigenvalue weighted by atomic mass is 16.5. The van der Waals surface area contributed by atoms with Crippen molar-refractivity contribution in [2.45, 2.75) is 20.0 Å². The lowest BCUT2D eigenvalue weighted by molar-refractivity contribution is 0.0371. The smallest absolute Gasteiger partial charge is 0.358 e. The number of nitrogen functional groups attached to an aromatic ring is 1. The lowest BCUT2D eigenvalue weighted by atomic mass is 10.4. The summed E-state index contributed by atoms with van der Waals surface area (Å²) in [5.41, 5.74) is 7.21. The second-order valence-electron chi connectivity index (χ2n) is 3.81. The van der Waals surface area contributed by atoms with Crippen molar-refractivity contribution in [3.05, 3.63) is 30.2 Å². The van der Waals surface area contributed by atoms with Gasteiger partial charge in [-0.25, -0.2) is 9.78 Å². The number of fused-ring (bicyclic) bond motifs is 1. The number of imidazole rings is 1. The summed E-state index contributed by atoms with van der Waals surface area (Å²) in [4.78, 5) is 15.7. The summed E-state index contributed by atoms with van der Waals surface area (Å²) in [5, 5.41) is 0. The van der Waals surface area contributed by atoms with Gasteiger partial charge in [0.2, 0.25) is 0 Å². The Bertz CT molecular complexity index is 531. The van der Waals surface area contributed by atoms with Crippen LogP contribution in [0.2, 0.25) is 0 Å². The van der Waals surface area contributed by atoms with Crippen molar-refractivity contribution in [1.29, 1.82) is 0 Å². The van der Waals surface area contributed by atoms with Crippen molar-refractivity contribution < 1.29 is 9.53 Å². The minimum absolute atomic E-state index is 0.151. The first-order chi connectivity index (χ1) is 7.56. The van der Waals surface area contributed by atoms with Crippen LogP contribution in [-0.2, 0) is 4.74 Å². The Balaban J connectivity index is 2.36. The average Bonchev–Trinajstić information content (AvgIpc) is 2.59. The maximum atomic E-state index is 11.6. The molecule has 2 aromatic rings. The minimum Gasteiger partial charge on any atom is -0.458 e. The monoisotopic (exact) mass is 219 g/mol. The SMILES string of the molecule is CC(C)OC(=O)c1cn2cc(N)ccc2n1. The van der Waals surface area contributed by atoms with E-state index < -0.39 is 5.97 Å². The van der Waals surface area contributed by atoms with E-state index in [-0.39, 0.29) is 6.10 Å². The van der Waals surface area contributed by atoms with Crippen LogP contribution >= 0.6 is 0 Å². The average molecular weight is 219 g/mol. The van der Waals surface area contributed by atoms with Crippen molar-refractivity contribution in [2.75, 3.05) is 5.73 Å². The predicted octanol–water partition coefficient (Wildman–Crippen LogP) is 1.48. The molecule has 5 nitrogen and oxygen atoms in total. The van der Waals surface area contributed by atoms with Crippen LogP contribution in [0.5, 0.6) is 0 Å². The zero-order valence-corrected chi connectivity index (χ0v) is 9.18. The fourth-order valence-corrected chi connectivity index (χ4v) is 1.38. The van der Waals surface area contributed by atoms with Crippen molar-refractivity contribution >= 4 is 17.3 Å². The number of aromatic nitrogens is 2. The molecule has 0 amide bonds. The molecule has 2 N–H and O–H groups in total. The van der Waals surface area contributed by atoms with E-state index in [0.717, 1.165) is 0 Å². The van der Waals surface area contributed by atoms with E-state index in [2.05, 4.69) is 4.98 Å². The molecular weight excluding hydrogens is 206 g/mol. The van der Waals surface area contributed by atoms with E-state index in [9.17, 15) is 4.79 Å². The standard InChI is InChI=1S/C11H13N3O2/c1-7(2)16-11(15)9-6-14-5-8(12)3-4-10(14)13-9/h3-7H,12H2,1-2H3. The number of anilines is 1. The molecule has 0 saturated heterocycles. The first-order valence-corrected chi connectivity index (χ1v) is 5.01. The summed E-state index contributed by atoms with van der Waals surface area (Å²) in [7, 11) is 0. The summed E-state index contributed by atoms with van der Waals surface area (Å²) < 4.78 is 6.75. The predicted molar refractivity (Wildman–Crippen MR) is 60.2 cm³/mol. The van der Waals surface area contributed by atoms with Crippen molar-refractivity contribution in [2.24, 2.45) is 0 Å². The van der Waals surface area contributed by atoms with E-state index in [1.54, 1.807) is 42.8 Å². The molecule has 0 fully saturated rings. The molecule has 84 valence electrons. The largest absolute Gasteiger partial charge is 0.458 e. The molecule has 2 aromatic heterocycles.